The molecule has 1 saturated heterocycles. The molecule has 5 heteroatoms. The quantitative estimate of drug-likeness (QED) is 0.911. The highest BCUT2D eigenvalue weighted by Crippen LogP contribution is 2.27. The van der Waals surface area contributed by atoms with Crippen molar-refractivity contribution in [3.05, 3.63) is 47.5 Å². The maximum Gasteiger partial charge on any atom is 0.339 e. The third-order valence-electron chi connectivity index (χ3n) is 4.18. The first-order chi connectivity index (χ1) is 11.0. The van der Waals surface area contributed by atoms with Crippen LogP contribution in [0.2, 0.25) is 0 Å². The van der Waals surface area contributed by atoms with Gasteiger partial charge in [-0.1, -0.05) is 23.8 Å². The molecule has 0 bridgehead atoms. The number of carbonyl (C=O) groups is 1. The highest BCUT2D eigenvalue weighted by molar-refractivity contribution is 5.94. The van der Waals surface area contributed by atoms with Crippen molar-refractivity contribution in [2.45, 2.75) is 25.9 Å². The van der Waals surface area contributed by atoms with E-state index in [9.17, 15) is 15.0 Å². The molecule has 3 rings (SSSR count). The number of nitrogens with zero attached hydrogens (tertiary/aromatic N) is 2. The number of aromatic carboxylic acids is 1. The van der Waals surface area contributed by atoms with Crippen molar-refractivity contribution in [1.29, 1.82) is 0 Å². The van der Waals surface area contributed by atoms with Gasteiger partial charge in [-0.3, -0.25) is 0 Å². The Morgan fingerprint density at radius 3 is 2.61 bits per heavy atom. The summed E-state index contributed by atoms with van der Waals surface area (Å²) in [7, 11) is 0. The minimum Gasteiger partial charge on any atom is -0.478 e. The molecule has 1 aliphatic rings. The maximum absolute atomic E-state index is 11.5. The number of aliphatic hydroxyl groups excluding tert-OH is 1. The van der Waals surface area contributed by atoms with E-state index < -0.39 is 5.97 Å². The van der Waals surface area contributed by atoms with Gasteiger partial charge >= 0.3 is 5.97 Å². The van der Waals surface area contributed by atoms with E-state index in [-0.39, 0.29) is 11.7 Å². The molecular weight excluding hydrogens is 292 g/mol. The van der Waals surface area contributed by atoms with Gasteiger partial charge in [0.2, 0.25) is 0 Å². The lowest BCUT2D eigenvalue weighted by Crippen LogP contribution is -2.37. The number of pyridine rings is 1. The van der Waals surface area contributed by atoms with Crippen molar-refractivity contribution in [3.63, 3.8) is 0 Å². The molecule has 0 amide bonds. The number of piperidine rings is 1. The summed E-state index contributed by atoms with van der Waals surface area (Å²) in [6, 6.07) is 11.4. The Kier molecular flexibility index (Phi) is 4.30. The number of carboxylic acids is 1. The molecule has 2 heterocycles. The smallest absolute Gasteiger partial charge is 0.339 e. The van der Waals surface area contributed by atoms with E-state index in [1.54, 1.807) is 12.1 Å². The number of aromatic nitrogens is 1. The second-order valence-corrected chi connectivity index (χ2v) is 5.96. The SMILES string of the molecule is Cc1cccc(-c2ccc(C(=O)O)c(N3CCC(O)CC3)n2)c1. The van der Waals surface area contributed by atoms with Crippen LogP contribution in [0.3, 0.4) is 0 Å². The Bertz CT molecular complexity index is 722. The van der Waals surface area contributed by atoms with Gasteiger partial charge in [0.15, 0.2) is 0 Å². The summed E-state index contributed by atoms with van der Waals surface area (Å²) in [5.74, 6) is -0.488. The van der Waals surface area contributed by atoms with Crippen molar-refractivity contribution in [1.82, 2.24) is 4.98 Å². The molecule has 23 heavy (non-hydrogen) atoms. The molecule has 1 aliphatic heterocycles. The molecule has 0 atom stereocenters. The fourth-order valence-electron chi connectivity index (χ4n) is 2.90. The second kappa shape index (κ2) is 6.38. The van der Waals surface area contributed by atoms with Gasteiger partial charge in [-0.2, -0.15) is 0 Å². The van der Waals surface area contributed by atoms with E-state index >= 15 is 0 Å². The number of aliphatic hydroxyl groups is 1. The molecule has 1 aromatic carbocycles. The van der Waals surface area contributed by atoms with Crippen LogP contribution in [0.1, 0.15) is 28.8 Å². The summed E-state index contributed by atoms with van der Waals surface area (Å²) in [6.45, 7) is 3.25. The van der Waals surface area contributed by atoms with Crippen LogP contribution >= 0.6 is 0 Å². The van der Waals surface area contributed by atoms with E-state index in [4.69, 9.17) is 0 Å². The maximum atomic E-state index is 11.5. The van der Waals surface area contributed by atoms with E-state index in [2.05, 4.69) is 4.98 Å². The lowest BCUT2D eigenvalue weighted by atomic mass is 10.1. The predicted molar refractivity (Wildman–Crippen MR) is 88.8 cm³/mol. The van der Waals surface area contributed by atoms with Gasteiger partial charge < -0.3 is 15.1 Å². The van der Waals surface area contributed by atoms with E-state index in [1.807, 2.05) is 36.1 Å². The van der Waals surface area contributed by atoms with Crippen LogP contribution in [0.15, 0.2) is 36.4 Å². The standard InChI is InChI=1S/C18H20N2O3/c1-12-3-2-4-13(11-12)16-6-5-15(18(22)23)17(19-16)20-9-7-14(21)8-10-20/h2-6,11,14,21H,7-10H2,1H3,(H,22,23). The first kappa shape index (κ1) is 15.5. The van der Waals surface area contributed by atoms with Crippen LogP contribution in [-0.4, -0.2) is 40.4 Å². The van der Waals surface area contributed by atoms with Crippen molar-refractivity contribution < 1.29 is 15.0 Å². The van der Waals surface area contributed by atoms with Gasteiger partial charge in [0.05, 0.1) is 11.8 Å². The molecule has 1 aromatic heterocycles. The number of rotatable bonds is 3. The highest BCUT2D eigenvalue weighted by atomic mass is 16.4. The van der Waals surface area contributed by atoms with Gasteiger partial charge in [-0.05, 0) is 38.0 Å². The third kappa shape index (κ3) is 3.35. The normalized spacial score (nSPS) is 15.7. The number of benzene rings is 1. The van der Waals surface area contributed by atoms with Crippen LogP contribution < -0.4 is 4.90 Å². The van der Waals surface area contributed by atoms with Crippen LogP contribution in [-0.2, 0) is 0 Å². The van der Waals surface area contributed by atoms with Crippen LogP contribution in [0.4, 0.5) is 5.82 Å². The fraction of sp³-hybridized carbons (Fsp3) is 0.333. The van der Waals surface area contributed by atoms with Crippen molar-refractivity contribution >= 4 is 11.8 Å². The Morgan fingerprint density at radius 1 is 1.22 bits per heavy atom. The summed E-state index contributed by atoms with van der Waals surface area (Å²) in [5.41, 5.74) is 3.08. The lowest BCUT2D eigenvalue weighted by Gasteiger charge is -2.31. The summed E-state index contributed by atoms with van der Waals surface area (Å²) in [4.78, 5) is 18.1. The number of hydrogen-bond acceptors (Lipinski definition) is 4. The van der Waals surface area contributed by atoms with Crippen LogP contribution in [0, 0.1) is 6.92 Å². The van der Waals surface area contributed by atoms with Gasteiger partial charge in [-0.15, -0.1) is 0 Å². The first-order valence-electron chi connectivity index (χ1n) is 7.79. The summed E-state index contributed by atoms with van der Waals surface area (Å²) < 4.78 is 0. The zero-order valence-corrected chi connectivity index (χ0v) is 13.1. The van der Waals surface area contributed by atoms with Gasteiger partial charge in [-0.25, -0.2) is 9.78 Å². The molecule has 5 nitrogen and oxygen atoms in total. The lowest BCUT2D eigenvalue weighted by molar-refractivity contribution is 0.0697. The molecule has 0 radical (unpaired) electrons. The van der Waals surface area contributed by atoms with E-state index in [1.165, 1.54) is 0 Å². The largest absolute Gasteiger partial charge is 0.478 e. The Labute approximate surface area is 135 Å². The molecule has 0 aliphatic carbocycles. The molecule has 2 aromatic rings. The molecule has 120 valence electrons. The summed E-state index contributed by atoms with van der Waals surface area (Å²) >= 11 is 0. The highest BCUT2D eigenvalue weighted by Gasteiger charge is 2.23. The van der Waals surface area contributed by atoms with Crippen molar-refractivity contribution in [3.8, 4) is 11.3 Å². The fourth-order valence-corrected chi connectivity index (χ4v) is 2.90. The molecule has 0 unspecified atom stereocenters. The topological polar surface area (TPSA) is 73.7 Å². The monoisotopic (exact) mass is 312 g/mol. The minimum absolute atomic E-state index is 0.206. The summed E-state index contributed by atoms with van der Waals surface area (Å²) in [6.07, 6.45) is 0.963. The summed E-state index contributed by atoms with van der Waals surface area (Å²) in [5, 5.41) is 19.1. The second-order valence-electron chi connectivity index (χ2n) is 5.96. The number of hydrogen-bond donors (Lipinski definition) is 2. The van der Waals surface area contributed by atoms with Gasteiger partial charge in [0, 0.05) is 18.7 Å². The van der Waals surface area contributed by atoms with Crippen molar-refractivity contribution in [2.24, 2.45) is 0 Å². The van der Waals surface area contributed by atoms with Crippen LogP contribution in [0.25, 0.3) is 11.3 Å². The Balaban J connectivity index is 2.01. The third-order valence-corrected chi connectivity index (χ3v) is 4.18. The number of aryl methyl sites for hydroxylation is 1. The van der Waals surface area contributed by atoms with Gasteiger partial charge in [0.25, 0.3) is 0 Å². The Hall–Kier alpha value is -2.40. The Morgan fingerprint density at radius 2 is 1.96 bits per heavy atom. The average Bonchev–Trinajstić information content (AvgIpc) is 2.55. The average molecular weight is 312 g/mol. The first-order valence-corrected chi connectivity index (χ1v) is 7.79. The molecular formula is C18H20N2O3. The molecule has 0 saturated carbocycles. The molecule has 1 fully saturated rings. The molecule has 2 N–H and O–H groups in total. The zero-order chi connectivity index (χ0) is 16.4. The van der Waals surface area contributed by atoms with E-state index in [0.717, 1.165) is 16.8 Å². The van der Waals surface area contributed by atoms with Crippen LogP contribution in [0.5, 0.6) is 0 Å². The zero-order valence-electron chi connectivity index (χ0n) is 13.1. The number of anilines is 1. The number of carboxylic acid groups (broad SMARTS) is 1. The molecule has 0 spiro atoms. The predicted octanol–water partition coefficient (Wildman–Crippen LogP) is 2.72. The van der Waals surface area contributed by atoms with E-state index in [0.29, 0.717) is 31.7 Å². The van der Waals surface area contributed by atoms with Crippen molar-refractivity contribution in [2.75, 3.05) is 18.0 Å². The van der Waals surface area contributed by atoms with Gasteiger partial charge in [0.1, 0.15) is 11.4 Å². The minimum atomic E-state index is -0.977.